The van der Waals surface area contributed by atoms with Crippen molar-refractivity contribution in [1.29, 1.82) is 0 Å². The molecule has 1 rings (SSSR count). The van der Waals surface area contributed by atoms with Gasteiger partial charge in [-0.1, -0.05) is 24.3 Å². The lowest BCUT2D eigenvalue weighted by Crippen LogP contribution is -2.08. The predicted octanol–water partition coefficient (Wildman–Crippen LogP) is 3.09. The number of hydrogen-bond donors (Lipinski definition) is 2. The average molecular weight is 278 g/mol. The van der Waals surface area contributed by atoms with Gasteiger partial charge in [-0.05, 0) is 18.4 Å². The van der Waals surface area contributed by atoms with E-state index in [1.54, 1.807) is 24.3 Å². The van der Waals surface area contributed by atoms with Gasteiger partial charge in [0.1, 0.15) is 0 Å². The van der Waals surface area contributed by atoms with Gasteiger partial charge in [-0.3, -0.25) is 0 Å². The third kappa shape index (κ3) is 5.59. The van der Waals surface area contributed by atoms with Crippen LogP contribution in [-0.4, -0.2) is 23.5 Å². The van der Waals surface area contributed by atoms with E-state index < -0.39 is 25.0 Å². The molecule has 0 amide bonds. The Hall–Kier alpha value is -1.11. The van der Waals surface area contributed by atoms with Crippen molar-refractivity contribution < 1.29 is 28.1 Å². The standard InChI is InChI=1S/C13H17F3O3/c1-19-12(18)10-6-4-9(5-7-10)11(17)3-2-8-13(14,15)16/h4-7,11-12,17-18H,2-3,8H2,1H3. The Bertz CT molecular complexity index is 376. The summed E-state index contributed by atoms with van der Waals surface area (Å²) in [7, 11) is 1.35. The molecule has 0 saturated carbocycles. The topological polar surface area (TPSA) is 49.7 Å². The fraction of sp³-hybridized carbons (Fsp3) is 0.538. The van der Waals surface area contributed by atoms with Crippen LogP contribution in [0.4, 0.5) is 13.2 Å². The molecule has 0 aromatic heterocycles. The van der Waals surface area contributed by atoms with E-state index in [9.17, 15) is 23.4 Å². The van der Waals surface area contributed by atoms with E-state index in [-0.39, 0.29) is 12.8 Å². The lowest BCUT2D eigenvalue weighted by atomic mass is 10.0. The molecular weight excluding hydrogens is 261 g/mol. The number of hydrogen-bond acceptors (Lipinski definition) is 3. The number of methoxy groups -OCH3 is 1. The second-order valence-corrected chi connectivity index (χ2v) is 4.28. The number of ether oxygens (including phenoxy) is 1. The molecule has 0 aliphatic carbocycles. The van der Waals surface area contributed by atoms with E-state index in [4.69, 9.17) is 4.74 Å². The molecule has 2 N–H and O–H groups in total. The molecule has 3 nitrogen and oxygen atoms in total. The van der Waals surface area contributed by atoms with Crippen molar-refractivity contribution in [3.8, 4) is 0 Å². The molecule has 2 atom stereocenters. The normalized spacial score (nSPS) is 15.3. The number of halogens is 3. The first-order chi connectivity index (χ1) is 8.83. The first kappa shape index (κ1) is 15.9. The SMILES string of the molecule is COC(O)c1ccc(C(O)CCCC(F)(F)F)cc1. The first-order valence-electron chi connectivity index (χ1n) is 5.89. The Morgan fingerprint density at radius 3 is 2.11 bits per heavy atom. The summed E-state index contributed by atoms with van der Waals surface area (Å²) in [5, 5.41) is 19.1. The van der Waals surface area contributed by atoms with E-state index in [2.05, 4.69) is 0 Å². The number of aliphatic hydroxyl groups excluding tert-OH is 2. The highest BCUT2D eigenvalue weighted by molar-refractivity contribution is 5.24. The van der Waals surface area contributed by atoms with E-state index in [1.165, 1.54) is 7.11 Å². The van der Waals surface area contributed by atoms with E-state index in [0.29, 0.717) is 11.1 Å². The summed E-state index contributed by atoms with van der Waals surface area (Å²) in [4.78, 5) is 0. The molecule has 0 spiro atoms. The van der Waals surface area contributed by atoms with Gasteiger partial charge in [0.05, 0.1) is 6.10 Å². The van der Waals surface area contributed by atoms with Crippen LogP contribution in [0.25, 0.3) is 0 Å². The molecule has 0 bridgehead atoms. The van der Waals surface area contributed by atoms with Gasteiger partial charge < -0.3 is 14.9 Å². The summed E-state index contributed by atoms with van der Waals surface area (Å²) in [6.45, 7) is 0. The van der Waals surface area contributed by atoms with Crippen LogP contribution in [0.3, 0.4) is 0 Å². The van der Waals surface area contributed by atoms with Gasteiger partial charge in [0.15, 0.2) is 6.29 Å². The second kappa shape index (κ2) is 6.88. The smallest absolute Gasteiger partial charge is 0.388 e. The highest BCUT2D eigenvalue weighted by Crippen LogP contribution is 2.26. The Kier molecular flexibility index (Phi) is 5.78. The molecule has 0 aliphatic rings. The van der Waals surface area contributed by atoms with Crippen molar-refractivity contribution in [2.45, 2.75) is 37.8 Å². The van der Waals surface area contributed by atoms with Crippen LogP contribution in [0.15, 0.2) is 24.3 Å². The van der Waals surface area contributed by atoms with Crippen LogP contribution >= 0.6 is 0 Å². The molecule has 1 aromatic rings. The fourth-order valence-electron chi connectivity index (χ4n) is 1.68. The molecule has 0 fully saturated rings. The predicted molar refractivity (Wildman–Crippen MR) is 63.3 cm³/mol. The molecule has 1 aromatic carbocycles. The Balaban J connectivity index is 2.51. The van der Waals surface area contributed by atoms with Gasteiger partial charge in [0.25, 0.3) is 0 Å². The van der Waals surface area contributed by atoms with Crippen LogP contribution in [0.5, 0.6) is 0 Å². The monoisotopic (exact) mass is 278 g/mol. The van der Waals surface area contributed by atoms with Crippen molar-refractivity contribution >= 4 is 0 Å². The maximum absolute atomic E-state index is 12.0. The summed E-state index contributed by atoms with van der Waals surface area (Å²) < 4.78 is 40.6. The maximum atomic E-state index is 12.0. The number of benzene rings is 1. The van der Waals surface area contributed by atoms with Gasteiger partial charge in [0, 0.05) is 19.1 Å². The number of aliphatic hydroxyl groups is 2. The Labute approximate surface area is 109 Å². The van der Waals surface area contributed by atoms with Crippen LogP contribution in [0.1, 0.15) is 42.8 Å². The maximum Gasteiger partial charge on any atom is 0.389 e. The second-order valence-electron chi connectivity index (χ2n) is 4.28. The number of alkyl halides is 3. The van der Waals surface area contributed by atoms with Crippen LogP contribution < -0.4 is 0 Å². The lowest BCUT2D eigenvalue weighted by molar-refractivity contribution is -0.136. The van der Waals surface area contributed by atoms with Crippen molar-refractivity contribution in [2.75, 3.05) is 7.11 Å². The quantitative estimate of drug-likeness (QED) is 0.786. The summed E-state index contributed by atoms with van der Waals surface area (Å²) in [6, 6.07) is 6.26. The van der Waals surface area contributed by atoms with Gasteiger partial charge in [0.2, 0.25) is 0 Å². The molecule has 0 aliphatic heterocycles. The van der Waals surface area contributed by atoms with Crippen molar-refractivity contribution in [2.24, 2.45) is 0 Å². The third-order valence-corrected chi connectivity index (χ3v) is 2.77. The first-order valence-corrected chi connectivity index (χ1v) is 5.89. The molecule has 0 heterocycles. The highest BCUT2D eigenvalue weighted by Gasteiger charge is 2.26. The molecule has 19 heavy (non-hydrogen) atoms. The summed E-state index contributed by atoms with van der Waals surface area (Å²) in [5.41, 5.74) is 1.04. The van der Waals surface area contributed by atoms with Gasteiger partial charge in [-0.2, -0.15) is 13.2 Å². The van der Waals surface area contributed by atoms with E-state index >= 15 is 0 Å². The zero-order chi connectivity index (χ0) is 14.5. The van der Waals surface area contributed by atoms with E-state index in [1.807, 2.05) is 0 Å². The molecule has 0 saturated heterocycles. The largest absolute Gasteiger partial charge is 0.389 e. The van der Waals surface area contributed by atoms with E-state index in [0.717, 1.165) is 0 Å². The molecule has 0 radical (unpaired) electrons. The fourth-order valence-corrected chi connectivity index (χ4v) is 1.68. The molecule has 2 unspecified atom stereocenters. The van der Waals surface area contributed by atoms with Crippen LogP contribution in [0, 0.1) is 0 Å². The summed E-state index contributed by atoms with van der Waals surface area (Å²) in [6.07, 6.45) is -7.14. The van der Waals surface area contributed by atoms with Crippen molar-refractivity contribution in [3.05, 3.63) is 35.4 Å². The van der Waals surface area contributed by atoms with Gasteiger partial charge in [-0.15, -0.1) is 0 Å². The lowest BCUT2D eigenvalue weighted by Gasteiger charge is -2.14. The average Bonchev–Trinajstić information content (AvgIpc) is 2.36. The zero-order valence-corrected chi connectivity index (χ0v) is 10.5. The minimum absolute atomic E-state index is 0.0473. The summed E-state index contributed by atoms with van der Waals surface area (Å²) >= 11 is 0. The van der Waals surface area contributed by atoms with Crippen molar-refractivity contribution in [1.82, 2.24) is 0 Å². The zero-order valence-electron chi connectivity index (χ0n) is 10.5. The molecular formula is C13H17F3O3. The number of rotatable bonds is 6. The molecule has 6 heteroatoms. The minimum Gasteiger partial charge on any atom is -0.388 e. The van der Waals surface area contributed by atoms with Gasteiger partial charge in [-0.25, -0.2) is 0 Å². The molecule has 108 valence electrons. The Morgan fingerprint density at radius 2 is 1.63 bits per heavy atom. The van der Waals surface area contributed by atoms with Crippen molar-refractivity contribution in [3.63, 3.8) is 0 Å². The van der Waals surface area contributed by atoms with Crippen LogP contribution in [0.2, 0.25) is 0 Å². The minimum atomic E-state index is -4.19. The van der Waals surface area contributed by atoms with Crippen LogP contribution in [-0.2, 0) is 4.74 Å². The Morgan fingerprint density at radius 1 is 1.11 bits per heavy atom. The summed E-state index contributed by atoms with van der Waals surface area (Å²) in [5.74, 6) is 0. The van der Waals surface area contributed by atoms with Gasteiger partial charge >= 0.3 is 6.18 Å². The highest BCUT2D eigenvalue weighted by atomic mass is 19.4. The third-order valence-electron chi connectivity index (χ3n) is 2.77.